The summed E-state index contributed by atoms with van der Waals surface area (Å²) >= 11 is 5.99. The van der Waals surface area contributed by atoms with Crippen molar-refractivity contribution in [3.8, 4) is 0 Å². The Morgan fingerprint density at radius 2 is 2.03 bits per heavy atom. The van der Waals surface area contributed by atoms with Gasteiger partial charge in [0.2, 0.25) is 0 Å². The van der Waals surface area contributed by atoms with Crippen LogP contribution in [0.1, 0.15) is 31.2 Å². The maximum Gasteiger partial charge on any atom is 0.200 e. The Balaban J connectivity index is 1.61. The maximum absolute atomic E-state index is 14.0. The molecule has 1 saturated carbocycles. The van der Waals surface area contributed by atoms with E-state index < -0.39 is 6.17 Å². The smallest absolute Gasteiger partial charge is 0.200 e. The molecule has 29 heavy (non-hydrogen) atoms. The number of aliphatic imine (C=N–C) groups is 1. The number of guanidine groups is 1. The number of rotatable bonds is 7. The fourth-order valence-corrected chi connectivity index (χ4v) is 4.05. The number of halogens is 2. The van der Waals surface area contributed by atoms with E-state index in [1.54, 1.807) is 17.2 Å². The minimum absolute atomic E-state index is 0.309. The van der Waals surface area contributed by atoms with E-state index in [4.69, 9.17) is 17.3 Å². The first kappa shape index (κ1) is 21.8. The van der Waals surface area contributed by atoms with Crippen LogP contribution in [0.5, 0.6) is 0 Å². The second kappa shape index (κ2) is 10.2. The third-order valence-corrected chi connectivity index (χ3v) is 5.94. The fraction of sp³-hybridized carbons (Fsp3) is 0.550. The number of hydrogen-bond donors (Lipinski definition) is 5. The molecule has 0 radical (unpaired) electrons. The fourth-order valence-electron chi connectivity index (χ4n) is 3.85. The largest absolute Gasteiger partial charge is 0.341 e. The lowest BCUT2D eigenvalue weighted by atomic mass is 9.82. The standard InChI is InChI=1S/C20H30ClFN6O/c1-28(12-15-8-16(21)6-7-17(15)22)20-25-11-18(27-29)19(26-20)24-10-14-4-2-13(9-23)3-5-14/h6-8,11,13-14,19,24,27,29H,2-5,9-10,12,23H2,1H3,(H,25,26). The van der Waals surface area contributed by atoms with Crippen molar-refractivity contribution in [3.63, 3.8) is 0 Å². The molecule has 1 aliphatic heterocycles. The van der Waals surface area contributed by atoms with Crippen LogP contribution in [0.2, 0.25) is 5.02 Å². The van der Waals surface area contributed by atoms with E-state index in [2.05, 4.69) is 21.1 Å². The number of benzene rings is 1. The molecule has 0 amide bonds. The van der Waals surface area contributed by atoms with Crippen LogP contribution in [0.3, 0.4) is 0 Å². The van der Waals surface area contributed by atoms with Crippen molar-refractivity contribution in [2.45, 2.75) is 38.4 Å². The number of nitrogens with two attached hydrogens (primary N) is 1. The van der Waals surface area contributed by atoms with Gasteiger partial charge in [-0.05, 0) is 62.3 Å². The van der Waals surface area contributed by atoms with Crippen LogP contribution in [0.4, 0.5) is 4.39 Å². The topological polar surface area (TPSA) is 97.9 Å². The van der Waals surface area contributed by atoms with Gasteiger partial charge < -0.3 is 16.0 Å². The Morgan fingerprint density at radius 1 is 1.31 bits per heavy atom. The Kier molecular flexibility index (Phi) is 7.71. The Morgan fingerprint density at radius 3 is 2.72 bits per heavy atom. The quantitative estimate of drug-likeness (QED) is 0.431. The van der Waals surface area contributed by atoms with Gasteiger partial charge >= 0.3 is 0 Å². The van der Waals surface area contributed by atoms with Crippen LogP contribution in [0.25, 0.3) is 0 Å². The van der Waals surface area contributed by atoms with Gasteiger partial charge in [-0.25, -0.2) is 9.38 Å². The lowest BCUT2D eigenvalue weighted by Gasteiger charge is -2.31. The number of hydrogen-bond acceptors (Lipinski definition) is 7. The Labute approximate surface area is 176 Å². The van der Waals surface area contributed by atoms with Gasteiger partial charge in [0.15, 0.2) is 5.96 Å². The molecule has 1 aliphatic carbocycles. The van der Waals surface area contributed by atoms with Gasteiger partial charge in [0.25, 0.3) is 0 Å². The van der Waals surface area contributed by atoms with Crippen LogP contribution in [0.15, 0.2) is 35.1 Å². The first-order valence-corrected chi connectivity index (χ1v) is 10.4. The zero-order valence-corrected chi connectivity index (χ0v) is 17.4. The summed E-state index contributed by atoms with van der Waals surface area (Å²) in [6.45, 7) is 1.89. The zero-order chi connectivity index (χ0) is 20.8. The molecule has 1 aromatic rings. The second-order valence-corrected chi connectivity index (χ2v) is 8.27. The third-order valence-electron chi connectivity index (χ3n) is 5.71. The highest BCUT2D eigenvalue weighted by Crippen LogP contribution is 2.27. The Hall–Kier alpha value is -1.87. The summed E-state index contributed by atoms with van der Waals surface area (Å²) in [6.07, 6.45) is 5.88. The monoisotopic (exact) mass is 424 g/mol. The molecule has 7 nitrogen and oxygen atoms in total. The normalized spacial score (nSPS) is 24.4. The molecular weight excluding hydrogens is 395 g/mol. The summed E-state index contributed by atoms with van der Waals surface area (Å²) in [7, 11) is 1.82. The van der Waals surface area contributed by atoms with Crippen molar-refractivity contribution in [3.05, 3.63) is 46.5 Å². The van der Waals surface area contributed by atoms with E-state index in [9.17, 15) is 9.60 Å². The number of nitrogens with one attached hydrogen (secondary N) is 3. The molecule has 0 aromatic heterocycles. The van der Waals surface area contributed by atoms with E-state index in [-0.39, 0.29) is 5.82 Å². The minimum Gasteiger partial charge on any atom is -0.341 e. The van der Waals surface area contributed by atoms with Gasteiger partial charge in [-0.3, -0.25) is 16.0 Å². The van der Waals surface area contributed by atoms with Crippen LogP contribution in [-0.2, 0) is 6.54 Å². The highest BCUT2D eigenvalue weighted by atomic mass is 35.5. The van der Waals surface area contributed by atoms with Gasteiger partial charge in [0.05, 0.1) is 5.70 Å². The van der Waals surface area contributed by atoms with E-state index in [0.29, 0.717) is 40.6 Å². The number of hydroxylamine groups is 1. The van der Waals surface area contributed by atoms with Crippen LogP contribution in [0, 0.1) is 17.7 Å². The maximum atomic E-state index is 14.0. The van der Waals surface area contributed by atoms with E-state index >= 15 is 0 Å². The zero-order valence-electron chi connectivity index (χ0n) is 16.7. The van der Waals surface area contributed by atoms with E-state index in [0.717, 1.165) is 25.9 Å². The summed E-state index contributed by atoms with van der Waals surface area (Å²) in [5.74, 6) is 1.48. The summed E-state index contributed by atoms with van der Waals surface area (Å²) in [6, 6.07) is 4.50. The molecule has 9 heteroatoms. The SMILES string of the molecule is CN(Cc1cc(Cl)ccc1F)C1=NC(NCC2CCC(CN)CC2)C(NO)=CN1. The van der Waals surface area contributed by atoms with Gasteiger partial charge in [-0.2, -0.15) is 0 Å². The number of nitrogens with zero attached hydrogens (tertiary/aromatic N) is 2. The second-order valence-electron chi connectivity index (χ2n) is 7.83. The molecular formula is C20H30ClFN6O. The van der Waals surface area contributed by atoms with E-state index in [1.165, 1.54) is 25.0 Å². The predicted octanol–water partition coefficient (Wildman–Crippen LogP) is 2.37. The van der Waals surface area contributed by atoms with Gasteiger partial charge in [0, 0.05) is 36.9 Å². The van der Waals surface area contributed by atoms with Gasteiger partial charge in [-0.1, -0.05) is 11.6 Å². The van der Waals surface area contributed by atoms with Gasteiger partial charge in [0.1, 0.15) is 12.0 Å². The van der Waals surface area contributed by atoms with E-state index in [1.807, 2.05) is 7.05 Å². The van der Waals surface area contributed by atoms with Crippen molar-refractivity contribution in [1.29, 1.82) is 0 Å². The predicted molar refractivity (Wildman–Crippen MR) is 113 cm³/mol. The lowest BCUT2D eigenvalue weighted by molar-refractivity contribution is 0.185. The van der Waals surface area contributed by atoms with Crippen molar-refractivity contribution < 1.29 is 9.60 Å². The molecule has 3 rings (SSSR count). The molecule has 1 unspecified atom stereocenters. The lowest BCUT2D eigenvalue weighted by Crippen LogP contribution is -2.47. The Bertz CT molecular complexity index is 750. The van der Waals surface area contributed by atoms with Crippen molar-refractivity contribution >= 4 is 17.6 Å². The molecule has 0 saturated heterocycles. The molecule has 6 N–H and O–H groups in total. The molecule has 160 valence electrons. The molecule has 1 atom stereocenters. The molecule has 2 aliphatic rings. The summed E-state index contributed by atoms with van der Waals surface area (Å²) < 4.78 is 14.0. The highest BCUT2D eigenvalue weighted by Gasteiger charge is 2.24. The summed E-state index contributed by atoms with van der Waals surface area (Å²) in [4.78, 5) is 6.46. The van der Waals surface area contributed by atoms with Crippen molar-refractivity contribution in [1.82, 2.24) is 21.0 Å². The molecule has 0 spiro atoms. The highest BCUT2D eigenvalue weighted by molar-refractivity contribution is 6.30. The molecule has 0 bridgehead atoms. The first-order chi connectivity index (χ1) is 14.0. The van der Waals surface area contributed by atoms with Crippen molar-refractivity contribution in [2.75, 3.05) is 20.1 Å². The minimum atomic E-state index is -0.407. The van der Waals surface area contributed by atoms with Crippen molar-refractivity contribution in [2.24, 2.45) is 22.6 Å². The average Bonchev–Trinajstić information content (AvgIpc) is 2.75. The molecule has 1 aromatic carbocycles. The summed E-state index contributed by atoms with van der Waals surface area (Å²) in [5.41, 5.74) is 8.99. The average molecular weight is 425 g/mol. The van der Waals surface area contributed by atoms with Crippen LogP contribution in [-0.4, -0.2) is 42.4 Å². The first-order valence-electron chi connectivity index (χ1n) is 10.0. The van der Waals surface area contributed by atoms with Crippen LogP contribution >= 0.6 is 11.6 Å². The molecule has 1 fully saturated rings. The van der Waals surface area contributed by atoms with Crippen LogP contribution < -0.4 is 21.8 Å². The summed E-state index contributed by atoms with van der Waals surface area (Å²) in [5, 5.41) is 16.4. The van der Waals surface area contributed by atoms with Gasteiger partial charge in [-0.15, -0.1) is 0 Å². The molecule has 1 heterocycles. The third kappa shape index (κ3) is 5.82.